The lowest BCUT2D eigenvalue weighted by atomic mass is 10.2. The topological polar surface area (TPSA) is 46.9 Å². The first-order valence-electron chi connectivity index (χ1n) is 5.58. The maximum absolute atomic E-state index is 11.3. The van der Waals surface area contributed by atoms with Gasteiger partial charge >= 0.3 is 0 Å². The van der Waals surface area contributed by atoms with E-state index in [0.717, 1.165) is 19.0 Å². The highest BCUT2D eigenvalue weighted by molar-refractivity contribution is 7.84. The van der Waals surface area contributed by atoms with Gasteiger partial charge in [-0.1, -0.05) is 13.8 Å². The molecular weight excluding hydrogens is 222 g/mol. The molecule has 1 heterocycles. The highest BCUT2D eigenvalue weighted by Crippen LogP contribution is 2.08. The smallest absolute Gasteiger partial charge is 0.202 e. The second kappa shape index (κ2) is 6.03. The molecule has 5 heteroatoms. The number of anilines is 1. The summed E-state index contributed by atoms with van der Waals surface area (Å²) in [4.78, 5) is 4.25. The Morgan fingerprint density at radius 3 is 2.75 bits per heavy atom. The quantitative estimate of drug-likeness (QED) is 0.827. The van der Waals surface area contributed by atoms with E-state index in [1.165, 1.54) is 0 Å². The van der Waals surface area contributed by atoms with E-state index in [2.05, 4.69) is 24.1 Å². The highest BCUT2D eigenvalue weighted by Gasteiger charge is 2.10. The number of nitrogens with zero attached hydrogens (tertiary/aromatic N) is 2. The molecule has 4 nitrogen and oxygen atoms in total. The van der Waals surface area contributed by atoms with Crippen LogP contribution in [-0.4, -0.2) is 31.8 Å². The van der Waals surface area contributed by atoms with Crippen LogP contribution in [0.3, 0.4) is 0 Å². The standard InChI is InChI=1S/C11H21N3OS/c1-9(2)7-13-11-12-5-6-14(11)8-10(3)16(4)15/h5-6,9-10H,7-8H2,1-4H3,(H,12,13). The molecule has 0 aliphatic rings. The van der Waals surface area contributed by atoms with Crippen molar-refractivity contribution in [1.82, 2.24) is 9.55 Å². The van der Waals surface area contributed by atoms with Crippen molar-refractivity contribution in [2.75, 3.05) is 18.1 Å². The van der Waals surface area contributed by atoms with Crippen LogP contribution in [0.25, 0.3) is 0 Å². The molecule has 0 aromatic carbocycles. The molecule has 0 amide bonds. The fourth-order valence-corrected chi connectivity index (χ4v) is 1.67. The molecule has 2 unspecified atom stereocenters. The first-order chi connectivity index (χ1) is 7.50. The second-order valence-corrected chi connectivity index (χ2v) is 6.29. The third kappa shape index (κ3) is 3.96. The Balaban J connectivity index is 2.60. The molecule has 0 saturated carbocycles. The molecule has 0 spiro atoms. The lowest BCUT2D eigenvalue weighted by Crippen LogP contribution is -2.20. The summed E-state index contributed by atoms with van der Waals surface area (Å²) in [6.45, 7) is 7.94. The van der Waals surface area contributed by atoms with Crippen molar-refractivity contribution < 1.29 is 4.21 Å². The summed E-state index contributed by atoms with van der Waals surface area (Å²) in [6, 6.07) is 0. The monoisotopic (exact) mass is 243 g/mol. The van der Waals surface area contributed by atoms with Gasteiger partial charge in [-0.05, 0) is 12.8 Å². The van der Waals surface area contributed by atoms with Gasteiger partial charge in [0.05, 0.1) is 0 Å². The third-order valence-electron chi connectivity index (χ3n) is 2.40. The van der Waals surface area contributed by atoms with Crippen molar-refractivity contribution in [2.45, 2.75) is 32.6 Å². The fourth-order valence-electron chi connectivity index (χ4n) is 1.30. The van der Waals surface area contributed by atoms with E-state index in [-0.39, 0.29) is 5.25 Å². The zero-order valence-corrected chi connectivity index (χ0v) is 11.3. The minimum absolute atomic E-state index is 0.147. The predicted molar refractivity (Wildman–Crippen MR) is 69.1 cm³/mol. The summed E-state index contributed by atoms with van der Waals surface area (Å²) in [5.74, 6) is 1.45. The van der Waals surface area contributed by atoms with Crippen molar-refractivity contribution in [2.24, 2.45) is 5.92 Å². The largest absolute Gasteiger partial charge is 0.355 e. The van der Waals surface area contributed by atoms with Crippen LogP contribution in [0.1, 0.15) is 20.8 Å². The van der Waals surface area contributed by atoms with Crippen molar-refractivity contribution in [3.8, 4) is 0 Å². The lowest BCUT2D eigenvalue weighted by molar-refractivity contribution is 0.637. The molecule has 1 N–H and O–H groups in total. The van der Waals surface area contributed by atoms with Gasteiger partial charge in [-0.2, -0.15) is 0 Å². The SMILES string of the molecule is CC(C)CNc1nccn1CC(C)S(C)=O. The van der Waals surface area contributed by atoms with Crippen LogP contribution < -0.4 is 5.32 Å². The molecule has 0 saturated heterocycles. The molecule has 0 aliphatic carbocycles. The minimum atomic E-state index is -0.792. The summed E-state index contributed by atoms with van der Waals surface area (Å²) in [7, 11) is -0.792. The molecule has 16 heavy (non-hydrogen) atoms. The average Bonchev–Trinajstić information content (AvgIpc) is 2.62. The third-order valence-corrected chi connectivity index (χ3v) is 3.69. The number of hydrogen-bond acceptors (Lipinski definition) is 3. The Hall–Kier alpha value is -0.840. The van der Waals surface area contributed by atoms with Crippen LogP contribution in [0, 0.1) is 5.92 Å². The van der Waals surface area contributed by atoms with E-state index >= 15 is 0 Å². The number of rotatable bonds is 6. The zero-order chi connectivity index (χ0) is 12.1. The summed E-state index contributed by atoms with van der Waals surface area (Å²) < 4.78 is 13.3. The van der Waals surface area contributed by atoms with Crippen LogP contribution in [0.5, 0.6) is 0 Å². The second-order valence-electron chi connectivity index (χ2n) is 4.49. The van der Waals surface area contributed by atoms with Crippen LogP contribution in [0.2, 0.25) is 0 Å². The number of imidazole rings is 1. The Bertz CT molecular complexity index is 349. The number of aromatic nitrogens is 2. The summed E-state index contributed by atoms with van der Waals surface area (Å²) in [5, 5.41) is 3.44. The summed E-state index contributed by atoms with van der Waals surface area (Å²) >= 11 is 0. The van der Waals surface area contributed by atoms with E-state index in [1.807, 2.05) is 17.7 Å². The molecule has 1 aromatic heterocycles. The molecule has 0 fully saturated rings. The maximum Gasteiger partial charge on any atom is 0.202 e. The van der Waals surface area contributed by atoms with Gasteiger partial charge in [0.2, 0.25) is 5.95 Å². The molecule has 2 atom stereocenters. The first-order valence-corrected chi connectivity index (χ1v) is 7.20. The maximum atomic E-state index is 11.3. The van der Waals surface area contributed by atoms with Gasteiger partial charge in [0.1, 0.15) is 0 Å². The van der Waals surface area contributed by atoms with Crippen molar-refractivity contribution >= 4 is 16.7 Å². The Labute approximate surface area is 99.9 Å². The molecule has 0 aliphatic heterocycles. The molecule has 1 rings (SSSR count). The Morgan fingerprint density at radius 1 is 1.50 bits per heavy atom. The van der Waals surface area contributed by atoms with E-state index in [1.54, 1.807) is 12.5 Å². The van der Waals surface area contributed by atoms with Crippen molar-refractivity contribution in [3.05, 3.63) is 12.4 Å². The predicted octanol–water partition coefficient (Wildman–Crippen LogP) is 1.72. The van der Waals surface area contributed by atoms with Gasteiger partial charge < -0.3 is 9.88 Å². The van der Waals surface area contributed by atoms with Gasteiger partial charge in [0.15, 0.2) is 0 Å². The van der Waals surface area contributed by atoms with Crippen LogP contribution in [0.4, 0.5) is 5.95 Å². The number of hydrogen-bond donors (Lipinski definition) is 1. The van der Waals surface area contributed by atoms with Gasteiger partial charge in [-0.15, -0.1) is 0 Å². The van der Waals surface area contributed by atoms with E-state index in [9.17, 15) is 4.21 Å². The normalized spacial score (nSPS) is 15.1. The van der Waals surface area contributed by atoms with Crippen molar-refractivity contribution in [1.29, 1.82) is 0 Å². The van der Waals surface area contributed by atoms with E-state index in [4.69, 9.17) is 0 Å². The van der Waals surface area contributed by atoms with E-state index in [0.29, 0.717) is 5.92 Å². The molecule has 1 aromatic rings. The fraction of sp³-hybridized carbons (Fsp3) is 0.727. The summed E-state index contributed by atoms with van der Waals surface area (Å²) in [6.07, 6.45) is 5.43. The zero-order valence-electron chi connectivity index (χ0n) is 10.4. The molecule has 0 radical (unpaired) electrons. The molecule has 0 bridgehead atoms. The van der Waals surface area contributed by atoms with Crippen molar-refractivity contribution in [3.63, 3.8) is 0 Å². The van der Waals surface area contributed by atoms with Gasteiger partial charge in [0.25, 0.3) is 0 Å². The lowest BCUT2D eigenvalue weighted by Gasteiger charge is -2.14. The Morgan fingerprint density at radius 2 is 2.19 bits per heavy atom. The van der Waals surface area contributed by atoms with Crippen LogP contribution in [0.15, 0.2) is 12.4 Å². The van der Waals surface area contributed by atoms with Crippen LogP contribution >= 0.6 is 0 Å². The summed E-state index contributed by atoms with van der Waals surface area (Å²) in [5.41, 5.74) is 0. The first kappa shape index (κ1) is 13.2. The van der Waals surface area contributed by atoms with Crippen LogP contribution in [-0.2, 0) is 17.3 Å². The highest BCUT2D eigenvalue weighted by atomic mass is 32.2. The average molecular weight is 243 g/mol. The van der Waals surface area contributed by atoms with Gasteiger partial charge in [-0.25, -0.2) is 4.98 Å². The Kier molecular flexibility index (Phi) is 4.99. The van der Waals surface area contributed by atoms with Gasteiger partial charge in [0, 0.05) is 47.8 Å². The molecular formula is C11H21N3OS. The number of nitrogens with one attached hydrogen (secondary N) is 1. The van der Waals surface area contributed by atoms with E-state index < -0.39 is 10.8 Å². The van der Waals surface area contributed by atoms with Gasteiger partial charge in [-0.3, -0.25) is 4.21 Å². The minimum Gasteiger partial charge on any atom is -0.355 e. The molecule has 92 valence electrons.